The van der Waals surface area contributed by atoms with E-state index in [4.69, 9.17) is 5.10 Å². The third kappa shape index (κ3) is 9.33. The second kappa shape index (κ2) is 19.1. The first-order valence-corrected chi connectivity index (χ1v) is 18.2. The molecule has 0 aliphatic carbocycles. The summed E-state index contributed by atoms with van der Waals surface area (Å²) in [5.74, 6) is 2.40. The summed E-state index contributed by atoms with van der Waals surface area (Å²) in [6.07, 6.45) is 3.41. The monoisotopic (exact) mass is 674 g/mol. The van der Waals surface area contributed by atoms with Gasteiger partial charge in [-0.2, -0.15) is 22.0 Å². The number of carbonyl (C=O) groups is 2. The number of unbranched alkanes of at least 4 members (excludes halogenated alkanes) is 1. The highest BCUT2D eigenvalue weighted by molar-refractivity contribution is 7.99. The average Bonchev–Trinajstić information content (AvgIpc) is 3.77. The number of aromatic amines is 1. The average molecular weight is 675 g/mol. The van der Waals surface area contributed by atoms with Gasteiger partial charge >= 0.3 is 0 Å². The van der Waals surface area contributed by atoms with Crippen molar-refractivity contribution in [3.05, 3.63) is 70.9 Å². The van der Waals surface area contributed by atoms with Gasteiger partial charge in [0.1, 0.15) is 11.4 Å². The first kappa shape index (κ1) is 36.8. The van der Waals surface area contributed by atoms with Crippen LogP contribution in [0, 0.1) is 0 Å². The van der Waals surface area contributed by atoms with Crippen LogP contribution >= 0.6 is 11.8 Å². The molecule has 6 rings (SSSR count). The summed E-state index contributed by atoms with van der Waals surface area (Å²) in [7, 11) is 1.93. The molecule has 2 amide bonds. The molecule has 48 heavy (non-hydrogen) atoms. The minimum absolute atomic E-state index is 0.126. The van der Waals surface area contributed by atoms with Crippen LogP contribution in [0.3, 0.4) is 0 Å². The molecule has 2 fully saturated rings. The zero-order valence-electron chi connectivity index (χ0n) is 28.7. The Hall–Kier alpha value is -4.00. The Kier molecular flexibility index (Phi) is 14.7. The summed E-state index contributed by atoms with van der Waals surface area (Å²) in [6, 6.07) is 20.1. The molecule has 2 unspecified atom stereocenters. The molecule has 4 aromatic rings. The van der Waals surface area contributed by atoms with Crippen LogP contribution in [-0.2, 0) is 16.1 Å². The summed E-state index contributed by atoms with van der Waals surface area (Å²) in [4.78, 5) is 40.4. The van der Waals surface area contributed by atoms with Gasteiger partial charge in [0.05, 0.1) is 18.0 Å². The van der Waals surface area contributed by atoms with Gasteiger partial charge in [-0.15, -0.1) is 0 Å². The predicted octanol–water partition coefficient (Wildman–Crippen LogP) is 4.25. The highest BCUT2D eigenvalue weighted by Gasteiger charge is 2.25. The summed E-state index contributed by atoms with van der Waals surface area (Å²) < 4.78 is 1.86. The Morgan fingerprint density at radius 2 is 1.56 bits per heavy atom. The SMILES string of the molecule is CC.CCCCC(=O)N1CCN(CCn2nc(-c3ccccc3)c3c(=O)c(-c4ccccc4)n[nH]c32)CC1.CNC1CSCC1NC=O. The Morgan fingerprint density at radius 3 is 2.17 bits per heavy atom. The van der Waals surface area contributed by atoms with Gasteiger partial charge in [0, 0.05) is 67.8 Å². The number of likely N-dealkylation sites (N-methyl/N-ethyl adjacent to an activating group) is 1. The van der Waals surface area contributed by atoms with Crippen LogP contribution in [0.2, 0.25) is 0 Å². The van der Waals surface area contributed by atoms with Gasteiger partial charge in [0.25, 0.3) is 0 Å². The number of thioether (sulfide) groups is 1. The Labute approximate surface area is 287 Å². The Balaban J connectivity index is 0.000000369. The summed E-state index contributed by atoms with van der Waals surface area (Å²) in [6.45, 7) is 10.7. The summed E-state index contributed by atoms with van der Waals surface area (Å²) in [5, 5.41) is 18.9. The molecule has 2 aromatic heterocycles. The molecule has 2 aromatic carbocycles. The number of benzene rings is 2. The number of carbonyl (C=O) groups excluding carboxylic acids is 2. The van der Waals surface area contributed by atoms with Crippen LogP contribution in [0.5, 0.6) is 0 Å². The van der Waals surface area contributed by atoms with Crippen molar-refractivity contribution in [3.63, 3.8) is 0 Å². The van der Waals surface area contributed by atoms with E-state index < -0.39 is 0 Å². The van der Waals surface area contributed by atoms with Crippen LogP contribution < -0.4 is 16.1 Å². The molecule has 2 aliphatic rings. The number of hydrogen-bond acceptors (Lipinski definition) is 8. The Bertz CT molecular complexity index is 1620. The predicted molar refractivity (Wildman–Crippen MR) is 196 cm³/mol. The van der Waals surface area contributed by atoms with E-state index in [0.29, 0.717) is 47.5 Å². The smallest absolute Gasteiger partial charge is 0.222 e. The third-order valence-electron chi connectivity index (χ3n) is 8.59. The molecule has 2 atom stereocenters. The van der Waals surface area contributed by atoms with Gasteiger partial charge in [0.2, 0.25) is 17.7 Å². The van der Waals surface area contributed by atoms with Gasteiger partial charge in [-0.1, -0.05) is 87.9 Å². The molecule has 4 heterocycles. The first-order chi connectivity index (χ1) is 23.5. The minimum Gasteiger partial charge on any atom is -0.354 e. The molecule has 2 saturated heterocycles. The maximum atomic E-state index is 13.6. The number of hydrogen-bond donors (Lipinski definition) is 3. The van der Waals surface area contributed by atoms with Crippen LogP contribution in [0.4, 0.5) is 0 Å². The molecule has 11 nitrogen and oxygen atoms in total. The maximum absolute atomic E-state index is 13.6. The van der Waals surface area contributed by atoms with E-state index in [1.54, 1.807) is 0 Å². The second-order valence-corrected chi connectivity index (χ2v) is 12.7. The number of amides is 2. The summed E-state index contributed by atoms with van der Waals surface area (Å²) in [5.41, 5.74) is 3.24. The van der Waals surface area contributed by atoms with Crippen molar-refractivity contribution in [1.82, 2.24) is 40.4 Å². The molecule has 12 heteroatoms. The van der Waals surface area contributed by atoms with Gasteiger partial charge < -0.3 is 15.5 Å². The van der Waals surface area contributed by atoms with E-state index >= 15 is 0 Å². The number of rotatable bonds is 11. The number of piperazine rings is 1. The highest BCUT2D eigenvalue weighted by Crippen LogP contribution is 2.26. The van der Waals surface area contributed by atoms with Gasteiger partial charge in [-0.25, -0.2) is 4.68 Å². The quantitative estimate of drug-likeness (QED) is 0.202. The van der Waals surface area contributed by atoms with E-state index in [9.17, 15) is 14.4 Å². The lowest BCUT2D eigenvalue weighted by Crippen LogP contribution is -2.49. The van der Waals surface area contributed by atoms with Crippen LogP contribution in [0.25, 0.3) is 33.5 Å². The zero-order valence-corrected chi connectivity index (χ0v) is 29.5. The molecule has 3 N–H and O–H groups in total. The fraction of sp³-hybridized carbons (Fsp3) is 0.472. The van der Waals surface area contributed by atoms with Crippen molar-refractivity contribution >= 4 is 35.1 Å². The number of aromatic nitrogens is 4. The van der Waals surface area contributed by atoms with Crippen LogP contribution in [0.15, 0.2) is 65.5 Å². The van der Waals surface area contributed by atoms with E-state index in [2.05, 4.69) is 32.7 Å². The molecular formula is C36H50N8O3S. The normalized spacial score (nSPS) is 17.6. The van der Waals surface area contributed by atoms with E-state index in [-0.39, 0.29) is 11.3 Å². The molecule has 0 saturated carbocycles. The largest absolute Gasteiger partial charge is 0.354 e. The molecule has 0 radical (unpaired) electrons. The lowest BCUT2D eigenvalue weighted by molar-refractivity contribution is -0.133. The molecule has 0 bridgehead atoms. The number of nitrogens with zero attached hydrogens (tertiary/aromatic N) is 5. The fourth-order valence-corrected chi connectivity index (χ4v) is 7.23. The van der Waals surface area contributed by atoms with Crippen LogP contribution in [-0.4, -0.2) is 105 Å². The van der Waals surface area contributed by atoms with Crippen molar-refractivity contribution in [2.75, 3.05) is 51.3 Å². The number of nitrogens with one attached hydrogen (secondary N) is 3. The van der Waals surface area contributed by atoms with Gasteiger partial charge in [0.15, 0.2) is 5.65 Å². The standard InChI is InChI=1S/C28H32N6O2.C6H12N2OS.C2H6/c1-2-3-14-23(35)33-18-15-32(16-19-33)17-20-34-28-24(25(31-34)21-10-6-4-7-11-21)27(36)26(29-30-28)22-12-8-5-9-13-22;1-7-5-2-10-3-6(5)8-4-9;1-2/h4-13H,2-3,14-20H2,1H3,(H,30,36);4-7H,2-3H2,1H3,(H,8,9);1-2H3. The van der Waals surface area contributed by atoms with E-state index in [0.717, 1.165) is 74.6 Å². The molecular weight excluding hydrogens is 625 g/mol. The zero-order chi connectivity index (χ0) is 34.3. The van der Waals surface area contributed by atoms with Crippen molar-refractivity contribution < 1.29 is 9.59 Å². The second-order valence-electron chi connectivity index (χ2n) is 11.6. The fourth-order valence-electron chi connectivity index (χ4n) is 5.85. The lowest BCUT2D eigenvalue weighted by Gasteiger charge is -2.34. The molecule has 258 valence electrons. The minimum atomic E-state index is -0.126. The highest BCUT2D eigenvalue weighted by atomic mass is 32.2. The lowest BCUT2D eigenvalue weighted by atomic mass is 10.1. The first-order valence-electron chi connectivity index (χ1n) is 17.1. The van der Waals surface area contributed by atoms with E-state index in [1.165, 1.54) is 0 Å². The van der Waals surface area contributed by atoms with Crippen LogP contribution in [0.1, 0.15) is 40.0 Å². The molecule has 0 spiro atoms. The van der Waals surface area contributed by atoms with Gasteiger partial charge in [-0.3, -0.25) is 24.4 Å². The van der Waals surface area contributed by atoms with Crippen molar-refractivity contribution in [2.45, 2.75) is 58.7 Å². The van der Waals surface area contributed by atoms with E-state index in [1.807, 2.05) is 103 Å². The summed E-state index contributed by atoms with van der Waals surface area (Å²) >= 11 is 1.87. The van der Waals surface area contributed by atoms with Gasteiger partial charge in [-0.05, 0) is 13.5 Å². The van der Waals surface area contributed by atoms with Crippen molar-refractivity contribution in [1.29, 1.82) is 0 Å². The Morgan fingerprint density at radius 1 is 0.938 bits per heavy atom. The third-order valence-corrected chi connectivity index (χ3v) is 9.78. The number of H-pyrrole nitrogens is 1. The number of fused-ring (bicyclic) bond motifs is 1. The molecule has 2 aliphatic heterocycles. The van der Waals surface area contributed by atoms with Crippen molar-refractivity contribution in [2.24, 2.45) is 0 Å². The topological polar surface area (TPSA) is 128 Å². The maximum Gasteiger partial charge on any atom is 0.222 e. The van der Waals surface area contributed by atoms with Crippen molar-refractivity contribution in [3.8, 4) is 22.5 Å².